The van der Waals surface area contributed by atoms with Gasteiger partial charge in [-0.25, -0.2) is 4.98 Å². The quantitative estimate of drug-likeness (QED) is 0.702. The number of nitrogens with zero attached hydrogens (tertiary/aromatic N) is 4. The standard InChI is InChI=1S/C16H17N5OS2/c1-23-9-15-20-13(8-24-15)5-6-17-16(22)12-3-2-4-14(7-12)21-10-18-19-11-21/h2-4,7-8,10-11H,5-6,9H2,1H3,(H,17,22). The third kappa shape index (κ3) is 4.21. The van der Waals surface area contributed by atoms with Gasteiger partial charge in [0.2, 0.25) is 0 Å². The van der Waals surface area contributed by atoms with Crippen molar-refractivity contribution >= 4 is 29.0 Å². The van der Waals surface area contributed by atoms with E-state index in [9.17, 15) is 4.79 Å². The van der Waals surface area contributed by atoms with Gasteiger partial charge in [0.05, 0.1) is 5.69 Å². The Morgan fingerprint density at radius 3 is 2.96 bits per heavy atom. The number of amides is 1. The van der Waals surface area contributed by atoms with Crippen LogP contribution in [0.3, 0.4) is 0 Å². The number of benzene rings is 1. The summed E-state index contributed by atoms with van der Waals surface area (Å²) < 4.78 is 1.76. The summed E-state index contributed by atoms with van der Waals surface area (Å²) in [6, 6.07) is 7.36. The second-order valence-corrected chi connectivity index (χ2v) is 6.90. The van der Waals surface area contributed by atoms with Crippen LogP contribution in [0, 0.1) is 0 Å². The molecule has 1 aromatic carbocycles. The van der Waals surface area contributed by atoms with Gasteiger partial charge in [0, 0.05) is 35.3 Å². The fourth-order valence-corrected chi connectivity index (χ4v) is 3.75. The third-order valence-electron chi connectivity index (χ3n) is 3.36. The van der Waals surface area contributed by atoms with Crippen LogP contribution in [0.1, 0.15) is 21.1 Å². The van der Waals surface area contributed by atoms with Crippen molar-refractivity contribution in [2.75, 3.05) is 12.8 Å². The summed E-state index contributed by atoms with van der Waals surface area (Å²) in [4.78, 5) is 16.8. The van der Waals surface area contributed by atoms with Gasteiger partial charge in [-0.2, -0.15) is 11.8 Å². The van der Waals surface area contributed by atoms with Crippen LogP contribution in [0.2, 0.25) is 0 Å². The summed E-state index contributed by atoms with van der Waals surface area (Å²) in [5, 5.41) is 13.7. The summed E-state index contributed by atoms with van der Waals surface area (Å²) in [6.45, 7) is 0.568. The number of thiazole rings is 1. The lowest BCUT2D eigenvalue weighted by Gasteiger charge is -2.06. The second kappa shape index (κ2) is 8.07. The molecule has 1 amide bonds. The maximum Gasteiger partial charge on any atom is 0.251 e. The maximum absolute atomic E-state index is 12.3. The Hall–Kier alpha value is -2.19. The van der Waals surface area contributed by atoms with Gasteiger partial charge in [0.1, 0.15) is 17.7 Å². The molecule has 0 unspecified atom stereocenters. The van der Waals surface area contributed by atoms with Crippen LogP contribution in [-0.2, 0) is 12.2 Å². The third-order valence-corrected chi connectivity index (χ3v) is 5.00. The fraction of sp³-hybridized carbons (Fsp3) is 0.250. The number of aromatic nitrogens is 4. The molecular weight excluding hydrogens is 342 g/mol. The molecule has 124 valence electrons. The normalized spacial score (nSPS) is 10.7. The number of hydrogen-bond donors (Lipinski definition) is 1. The summed E-state index contributed by atoms with van der Waals surface area (Å²) in [5.41, 5.74) is 2.50. The lowest BCUT2D eigenvalue weighted by atomic mass is 10.2. The van der Waals surface area contributed by atoms with Gasteiger partial charge in [-0.15, -0.1) is 21.5 Å². The van der Waals surface area contributed by atoms with Gasteiger partial charge in [-0.3, -0.25) is 9.36 Å². The minimum absolute atomic E-state index is 0.0931. The SMILES string of the molecule is CSCc1nc(CCNC(=O)c2cccc(-n3cnnc3)c2)cs1. The molecule has 0 aliphatic heterocycles. The van der Waals surface area contributed by atoms with Crippen LogP contribution >= 0.6 is 23.1 Å². The molecular formula is C16H17N5OS2. The minimum atomic E-state index is -0.0931. The van der Waals surface area contributed by atoms with Crippen molar-refractivity contribution in [3.8, 4) is 5.69 Å². The van der Waals surface area contributed by atoms with Gasteiger partial charge in [0.25, 0.3) is 5.91 Å². The maximum atomic E-state index is 12.3. The topological polar surface area (TPSA) is 72.7 Å². The highest BCUT2D eigenvalue weighted by Crippen LogP contribution is 2.15. The number of nitrogens with one attached hydrogen (secondary N) is 1. The Bertz CT molecular complexity index is 800. The van der Waals surface area contributed by atoms with E-state index < -0.39 is 0 Å². The van der Waals surface area contributed by atoms with Crippen LogP contribution in [0.5, 0.6) is 0 Å². The van der Waals surface area contributed by atoms with Crippen molar-refractivity contribution in [1.29, 1.82) is 0 Å². The van der Waals surface area contributed by atoms with E-state index in [0.29, 0.717) is 12.1 Å². The van der Waals surface area contributed by atoms with Crippen LogP contribution in [0.25, 0.3) is 5.69 Å². The molecule has 0 spiro atoms. The van der Waals surface area contributed by atoms with Gasteiger partial charge < -0.3 is 5.32 Å². The highest BCUT2D eigenvalue weighted by atomic mass is 32.2. The van der Waals surface area contributed by atoms with E-state index in [1.54, 1.807) is 46.4 Å². The number of carbonyl (C=O) groups is 1. The molecule has 2 aromatic heterocycles. The lowest BCUT2D eigenvalue weighted by molar-refractivity contribution is 0.0954. The molecule has 0 radical (unpaired) electrons. The van der Waals surface area contributed by atoms with Gasteiger partial charge in [-0.05, 0) is 24.5 Å². The van der Waals surface area contributed by atoms with E-state index in [1.807, 2.05) is 18.2 Å². The van der Waals surface area contributed by atoms with E-state index in [1.165, 1.54) is 0 Å². The number of thioether (sulfide) groups is 1. The first-order valence-corrected chi connectivity index (χ1v) is 9.69. The summed E-state index contributed by atoms with van der Waals surface area (Å²) in [6.07, 6.45) is 6.01. The zero-order valence-corrected chi connectivity index (χ0v) is 14.8. The number of rotatable bonds is 7. The molecule has 8 heteroatoms. The molecule has 0 saturated heterocycles. The highest BCUT2D eigenvalue weighted by molar-refractivity contribution is 7.97. The average Bonchev–Trinajstić information content (AvgIpc) is 3.27. The van der Waals surface area contributed by atoms with Gasteiger partial charge >= 0.3 is 0 Å². The lowest BCUT2D eigenvalue weighted by Crippen LogP contribution is -2.25. The first-order chi connectivity index (χ1) is 11.8. The predicted octanol–water partition coefficient (Wildman–Crippen LogP) is 2.56. The molecule has 24 heavy (non-hydrogen) atoms. The monoisotopic (exact) mass is 359 g/mol. The molecule has 6 nitrogen and oxygen atoms in total. The van der Waals surface area contributed by atoms with E-state index >= 15 is 0 Å². The largest absolute Gasteiger partial charge is 0.352 e. The predicted molar refractivity (Wildman–Crippen MR) is 96.7 cm³/mol. The van der Waals surface area contributed by atoms with E-state index in [0.717, 1.165) is 28.6 Å². The summed E-state index contributed by atoms with van der Waals surface area (Å²) >= 11 is 3.43. The van der Waals surface area contributed by atoms with Crippen LogP contribution < -0.4 is 5.32 Å². The Kier molecular flexibility index (Phi) is 5.60. The zero-order chi connectivity index (χ0) is 16.8. The van der Waals surface area contributed by atoms with Crippen molar-refractivity contribution in [2.24, 2.45) is 0 Å². The van der Waals surface area contributed by atoms with Gasteiger partial charge in [0.15, 0.2) is 0 Å². The van der Waals surface area contributed by atoms with Crippen LogP contribution in [0.15, 0.2) is 42.3 Å². The van der Waals surface area contributed by atoms with Crippen molar-refractivity contribution in [3.63, 3.8) is 0 Å². The van der Waals surface area contributed by atoms with Crippen molar-refractivity contribution in [3.05, 3.63) is 58.6 Å². The molecule has 1 N–H and O–H groups in total. The summed E-state index contributed by atoms with van der Waals surface area (Å²) in [5.74, 6) is 0.844. The summed E-state index contributed by atoms with van der Waals surface area (Å²) in [7, 11) is 0. The first kappa shape index (κ1) is 16.7. The fourth-order valence-electron chi connectivity index (χ4n) is 2.20. The molecule has 0 aliphatic carbocycles. The van der Waals surface area contributed by atoms with Crippen LogP contribution in [-0.4, -0.2) is 38.5 Å². The Balaban J connectivity index is 1.56. The highest BCUT2D eigenvalue weighted by Gasteiger charge is 2.08. The van der Waals surface area contributed by atoms with Crippen LogP contribution in [0.4, 0.5) is 0 Å². The first-order valence-electron chi connectivity index (χ1n) is 7.42. The average molecular weight is 359 g/mol. The number of hydrogen-bond acceptors (Lipinski definition) is 6. The molecule has 3 aromatic rings. The molecule has 0 aliphatic rings. The molecule has 3 rings (SSSR count). The molecule has 0 saturated carbocycles. The van der Waals surface area contributed by atoms with Crippen molar-refractivity contribution < 1.29 is 4.79 Å². The molecule has 0 bridgehead atoms. The zero-order valence-electron chi connectivity index (χ0n) is 13.2. The minimum Gasteiger partial charge on any atom is -0.352 e. The van der Waals surface area contributed by atoms with E-state index in [4.69, 9.17) is 0 Å². The van der Waals surface area contributed by atoms with E-state index in [2.05, 4.69) is 32.1 Å². The van der Waals surface area contributed by atoms with Crippen molar-refractivity contribution in [1.82, 2.24) is 25.1 Å². The Morgan fingerprint density at radius 1 is 1.33 bits per heavy atom. The molecule has 0 atom stereocenters. The molecule has 2 heterocycles. The second-order valence-electron chi connectivity index (χ2n) is 5.09. The van der Waals surface area contributed by atoms with E-state index in [-0.39, 0.29) is 5.91 Å². The Morgan fingerprint density at radius 2 is 2.17 bits per heavy atom. The number of carbonyl (C=O) groups excluding carboxylic acids is 1. The van der Waals surface area contributed by atoms with Crippen molar-refractivity contribution in [2.45, 2.75) is 12.2 Å². The Labute approximate surface area is 148 Å². The van der Waals surface area contributed by atoms with Gasteiger partial charge in [-0.1, -0.05) is 6.07 Å². The smallest absolute Gasteiger partial charge is 0.251 e. The molecule has 0 fully saturated rings.